The summed E-state index contributed by atoms with van der Waals surface area (Å²) in [4.78, 5) is 1.78. The van der Waals surface area contributed by atoms with Crippen LogP contribution in [0.2, 0.25) is 0 Å². The minimum atomic E-state index is 0.234. The van der Waals surface area contributed by atoms with E-state index >= 15 is 0 Å². The fraction of sp³-hybridized carbons (Fsp3) is 0.182. The number of rotatable bonds is 1. The van der Waals surface area contributed by atoms with Gasteiger partial charge in [-0.1, -0.05) is 30.3 Å². The lowest BCUT2D eigenvalue weighted by atomic mass is 10.2. The van der Waals surface area contributed by atoms with Gasteiger partial charge in [0.05, 0.1) is 0 Å². The Hall–Kier alpha value is -1.97. The first-order chi connectivity index (χ1) is 7.20. The van der Waals surface area contributed by atoms with Gasteiger partial charge in [0.1, 0.15) is 6.34 Å². The molecule has 1 aromatic rings. The third-order valence-corrected chi connectivity index (χ3v) is 2.30. The Morgan fingerprint density at radius 2 is 1.87 bits per heavy atom. The first-order valence-corrected chi connectivity index (χ1v) is 4.69. The molecule has 1 aliphatic rings. The van der Waals surface area contributed by atoms with Gasteiger partial charge in [0.2, 0.25) is 0 Å². The molecule has 0 aliphatic carbocycles. The summed E-state index contributed by atoms with van der Waals surface area (Å²) in [6.45, 7) is 0. The first kappa shape index (κ1) is 9.58. The highest BCUT2D eigenvalue weighted by molar-refractivity contribution is 5.69. The van der Waals surface area contributed by atoms with Gasteiger partial charge >= 0.3 is 0 Å². The number of hydrogen-bond acceptors (Lipinski definition) is 4. The van der Waals surface area contributed by atoms with E-state index in [2.05, 4.69) is 5.10 Å². The summed E-state index contributed by atoms with van der Waals surface area (Å²) in [6.07, 6.45) is 1.66. The highest BCUT2D eigenvalue weighted by atomic mass is 16.3. The second kappa shape index (κ2) is 3.65. The Morgan fingerprint density at radius 3 is 2.40 bits per heavy atom. The number of hydrogen-bond donors (Lipinski definition) is 1. The maximum absolute atomic E-state index is 10.1. The molecule has 0 radical (unpaired) electrons. The van der Waals surface area contributed by atoms with Crippen molar-refractivity contribution in [3.63, 3.8) is 0 Å². The number of benzene rings is 1. The molecule has 15 heavy (non-hydrogen) atoms. The van der Waals surface area contributed by atoms with Crippen molar-refractivity contribution in [2.24, 2.45) is 5.10 Å². The average Bonchev–Trinajstić information content (AvgIpc) is 2.59. The van der Waals surface area contributed by atoms with E-state index in [0.717, 1.165) is 5.56 Å². The van der Waals surface area contributed by atoms with Crippen LogP contribution in [-0.2, 0) is 0 Å². The Morgan fingerprint density at radius 1 is 1.20 bits per heavy atom. The molecule has 2 rings (SSSR count). The molecule has 0 amide bonds. The molecule has 0 fully saturated rings. The predicted molar refractivity (Wildman–Crippen MR) is 60.0 cm³/mol. The van der Waals surface area contributed by atoms with Crippen LogP contribution in [0.15, 0.2) is 41.3 Å². The van der Waals surface area contributed by atoms with Gasteiger partial charge in [-0.15, -0.1) is 0 Å². The smallest absolute Gasteiger partial charge is 0.173 e. The first-order valence-electron chi connectivity index (χ1n) is 4.69. The minimum Gasteiger partial charge on any atom is -0.504 e. The van der Waals surface area contributed by atoms with Crippen LogP contribution in [0.5, 0.6) is 0 Å². The van der Waals surface area contributed by atoms with Crippen molar-refractivity contribution in [1.82, 2.24) is 9.91 Å². The van der Waals surface area contributed by atoms with Crippen LogP contribution in [0.1, 0.15) is 5.56 Å². The Labute approximate surface area is 88.7 Å². The molecule has 4 nitrogen and oxygen atoms in total. The predicted octanol–water partition coefficient (Wildman–Crippen LogP) is 1.69. The van der Waals surface area contributed by atoms with Crippen LogP contribution in [0, 0.1) is 0 Å². The van der Waals surface area contributed by atoms with Crippen molar-refractivity contribution < 1.29 is 5.11 Å². The molecule has 0 atom stereocenters. The topological polar surface area (TPSA) is 39.1 Å². The molecule has 0 spiro atoms. The highest BCUT2D eigenvalue weighted by Gasteiger charge is 2.20. The Balaban J connectivity index is 2.42. The highest BCUT2D eigenvalue weighted by Crippen LogP contribution is 2.22. The Bertz CT molecular complexity index is 397. The maximum atomic E-state index is 10.1. The third-order valence-electron chi connectivity index (χ3n) is 2.30. The van der Waals surface area contributed by atoms with E-state index in [0.29, 0.717) is 5.82 Å². The SMILES string of the molecule is CN1C=NN(C)/C1=C(\O)c1ccccc1. The summed E-state index contributed by atoms with van der Waals surface area (Å²) < 4.78 is 0. The third kappa shape index (κ3) is 1.66. The molecule has 1 N–H and O–H groups in total. The lowest BCUT2D eigenvalue weighted by molar-refractivity contribution is 0.372. The van der Waals surface area contributed by atoms with Crippen molar-refractivity contribution in [3.8, 4) is 0 Å². The van der Waals surface area contributed by atoms with Crippen LogP contribution in [0.3, 0.4) is 0 Å². The van der Waals surface area contributed by atoms with E-state index in [4.69, 9.17) is 0 Å². The van der Waals surface area contributed by atoms with Crippen molar-refractivity contribution >= 4 is 12.1 Å². The molecule has 4 heteroatoms. The molecule has 0 aromatic heterocycles. The quantitative estimate of drug-likeness (QED) is 0.706. The van der Waals surface area contributed by atoms with E-state index in [-0.39, 0.29) is 5.76 Å². The largest absolute Gasteiger partial charge is 0.504 e. The van der Waals surface area contributed by atoms with E-state index in [1.165, 1.54) is 0 Å². The Kier molecular flexibility index (Phi) is 2.33. The van der Waals surface area contributed by atoms with E-state index in [1.807, 2.05) is 37.4 Å². The molecule has 0 saturated heterocycles. The molecule has 1 heterocycles. The fourth-order valence-electron chi connectivity index (χ4n) is 1.54. The summed E-state index contributed by atoms with van der Waals surface area (Å²) in [7, 11) is 3.65. The molecule has 0 unspecified atom stereocenters. The molecule has 78 valence electrons. The van der Waals surface area contributed by atoms with Gasteiger partial charge in [-0.2, -0.15) is 5.10 Å². The molecular formula is C11H13N3O. The van der Waals surface area contributed by atoms with Crippen molar-refractivity contribution in [2.75, 3.05) is 14.1 Å². The van der Waals surface area contributed by atoms with Crippen molar-refractivity contribution in [3.05, 3.63) is 41.7 Å². The zero-order chi connectivity index (χ0) is 10.8. The van der Waals surface area contributed by atoms with Gasteiger partial charge in [0.25, 0.3) is 0 Å². The summed E-state index contributed by atoms with van der Waals surface area (Å²) in [5.41, 5.74) is 0.789. The number of aliphatic hydroxyl groups is 1. The monoisotopic (exact) mass is 203 g/mol. The second-order valence-electron chi connectivity index (χ2n) is 3.40. The number of aliphatic hydroxyl groups excluding tert-OH is 1. The second-order valence-corrected chi connectivity index (χ2v) is 3.40. The van der Waals surface area contributed by atoms with Gasteiger partial charge in [0.15, 0.2) is 11.6 Å². The molecule has 1 aromatic carbocycles. The number of nitrogens with zero attached hydrogens (tertiary/aromatic N) is 3. The maximum Gasteiger partial charge on any atom is 0.173 e. The minimum absolute atomic E-state index is 0.234. The van der Waals surface area contributed by atoms with Crippen LogP contribution in [0.25, 0.3) is 5.76 Å². The van der Waals surface area contributed by atoms with Gasteiger partial charge < -0.3 is 10.0 Å². The standard InChI is InChI=1S/C11H13N3O/c1-13-8-12-14(2)11(13)10(15)9-6-4-3-5-7-9/h3-8,15H,1-2H3/b11-10-. The molecule has 0 saturated carbocycles. The summed E-state index contributed by atoms with van der Waals surface area (Å²) in [5, 5.41) is 15.8. The van der Waals surface area contributed by atoms with Gasteiger partial charge in [0, 0.05) is 19.7 Å². The van der Waals surface area contributed by atoms with Crippen LogP contribution in [0.4, 0.5) is 0 Å². The summed E-state index contributed by atoms with van der Waals surface area (Å²) >= 11 is 0. The summed E-state index contributed by atoms with van der Waals surface area (Å²) in [5.74, 6) is 0.916. The molecule has 0 bridgehead atoms. The van der Waals surface area contributed by atoms with E-state index < -0.39 is 0 Å². The molecule has 1 aliphatic heterocycles. The van der Waals surface area contributed by atoms with E-state index in [9.17, 15) is 5.11 Å². The fourth-order valence-corrected chi connectivity index (χ4v) is 1.54. The number of hydrazone groups is 1. The molecular weight excluding hydrogens is 190 g/mol. The zero-order valence-corrected chi connectivity index (χ0v) is 8.75. The lowest BCUT2D eigenvalue weighted by Crippen LogP contribution is -2.19. The van der Waals surface area contributed by atoms with Gasteiger partial charge in [-0.05, 0) is 0 Å². The lowest BCUT2D eigenvalue weighted by Gasteiger charge is -2.17. The van der Waals surface area contributed by atoms with Gasteiger partial charge in [-0.25, -0.2) is 5.01 Å². The van der Waals surface area contributed by atoms with Crippen molar-refractivity contribution in [1.29, 1.82) is 0 Å². The van der Waals surface area contributed by atoms with Crippen LogP contribution in [-0.4, -0.2) is 35.4 Å². The summed E-state index contributed by atoms with van der Waals surface area (Å²) in [6, 6.07) is 9.43. The van der Waals surface area contributed by atoms with Crippen molar-refractivity contribution in [2.45, 2.75) is 0 Å². The van der Waals surface area contributed by atoms with Crippen LogP contribution < -0.4 is 0 Å². The average molecular weight is 203 g/mol. The zero-order valence-electron chi connectivity index (χ0n) is 8.75. The van der Waals surface area contributed by atoms with Crippen LogP contribution >= 0.6 is 0 Å². The van der Waals surface area contributed by atoms with Gasteiger partial charge in [-0.3, -0.25) is 0 Å². The van der Waals surface area contributed by atoms with E-state index in [1.54, 1.807) is 23.3 Å². The normalized spacial score (nSPS) is 18.5.